The lowest BCUT2D eigenvalue weighted by Crippen LogP contribution is -2.35. The van der Waals surface area contributed by atoms with E-state index in [1.165, 1.54) is 5.56 Å². The van der Waals surface area contributed by atoms with Crippen molar-refractivity contribution in [1.29, 1.82) is 0 Å². The van der Waals surface area contributed by atoms with Gasteiger partial charge in [0.25, 0.3) is 0 Å². The van der Waals surface area contributed by atoms with Gasteiger partial charge in [-0.2, -0.15) is 4.31 Å². The molecule has 4 heteroatoms. The zero-order chi connectivity index (χ0) is 13.0. The van der Waals surface area contributed by atoms with Gasteiger partial charge >= 0.3 is 0 Å². The second-order valence-electron chi connectivity index (χ2n) is 5.01. The molecule has 0 aromatic heterocycles. The molecule has 1 aromatic rings. The Morgan fingerprint density at radius 3 is 2.61 bits per heavy atom. The summed E-state index contributed by atoms with van der Waals surface area (Å²) in [6, 6.07) is 10.2. The highest BCUT2D eigenvalue weighted by Gasteiger charge is 2.30. The van der Waals surface area contributed by atoms with Gasteiger partial charge in [-0.3, -0.25) is 0 Å². The second kappa shape index (κ2) is 5.85. The number of hydrogen-bond acceptors (Lipinski definition) is 2. The molecule has 3 nitrogen and oxygen atoms in total. The molecule has 1 unspecified atom stereocenters. The van der Waals surface area contributed by atoms with E-state index >= 15 is 0 Å². The zero-order valence-electron chi connectivity index (χ0n) is 10.9. The fraction of sp³-hybridized carbons (Fsp3) is 0.571. The normalized spacial score (nSPS) is 21.3. The summed E-state index contributed by atoms with van der Waals surface area (Å²) in [7, 11) is -3.05. The third-order valence-electron chi connectivity index (χ3n) is 3.56. The minimum absolute atomic E-state index is 0.187. The van der Waals surface area contributed by atoms with Crippen LogP contribution in [0.5, 0.6) is 0 Å². The molecule has 2 rings (SSSR count). The van der Waals surface area contributed by atoms with Crippen LogP contribution < -0.4 is 0 Å². The van der Waals surface area contributed by atoms with Crippen molar-refractivity contribution in [3.05, 3.63) is 35.9 Å². The van der Waals surface area contributed by atoms with Gasteiger partial charge in [0.1, 0.15) is 0 Å². The first-order valence-electron chi connectivity index (χ1n) is 6.63. The van der Waals surface area contributed by atoms with E-state index in [1.807, 2.05) is 37.3 Å². The van der Waals surface area contributed by atoms with E-state index in [9.17, 15) is 8.42 Å². The first kappa shape index (κ1) is 13.6. The molecule has 1 heterocycles. The lowest BCUT2D eigenvalue weighted by Gasteiger charge is -2.20. The monoisotopic (exact) mass is 267 g/mol. The Kier molecular flexibility index (Phi) is 4.40. The quantitative estimate of drug-likeness (QED) is 0.821. The molecule has 0 bridgehead atoms. The number of hydrogen-bond donors (Lipinski definition) is 0. The summed E-state index contributed by atoms with van der Waals surface area (Å²) in [5.74, 6) is 0.270. The maximum absolute atomic E-state index is 12.2. The van der Waals surface area contributed by atoms with Gasteiger partial charge in [-0.05, 0) is 38.2 Å². The number of sulfonamides is 1. The molecule has 0 N–H and O–H groups in total. The zero-order valence-corrected chi connectivity index (χ0v) is 11.7. The van der Waals surface area contributed by atoms with Gasteiger partial charge in [0.2, 0.25) is 10.0 Å². The molecular weight excluding hydrogens is 246 g/mol. The molecule has 1 aliphatic heterocycles. The lowest BCUT2D eigenvalue weighted by atomic mass is 10.1. The lowest BCUT2D eigenvalue weighted by molar-refractivity contribution is 0.407. The van der Waals surface area contributed by atoms with Crippen molar-refractivity contribution in [2.75, 3.05) is 12.3 Å². The Morgan fingerprint density at radius 2 is 2.00 bits per heavy atom. The van der Waals surface area contributed by atoms with Gasteiger partial charge in [-0.15, -0.1) is 0 Å². The van der Waals surface area contributed by atoms with Crippen molar-refractivity contribution in [2.24, 2.45) is 0 Å². The maximum atomic E-state index is 12.2. The predicted octanol–water partition coefficient (Wildman–Crippen LogP) is 2.43. The summed E-state index contributed by atoms with van der Waals surface area (Å²) in [6.45, 7) is 2.70. The molecule has 0 radical (unpaired) electrons. The smallest absolute Gasteiger partial charge is 0.212 e. The summed E-state index contributed by atoms with van der Waals surface area (Å²) >= 11 is 0. The molecule has 0 aliphatic carbocycles. The van der Waals surface area contributed by atoms with Crippen molar-refractivity contribution in [3.8, 4) is 0 Å². The Bertz CT molecular complexity index is 470. The molecule has 1 saturated heterocycles. The highest BCUT2D eigenvalue weighted by molar-refractivity contribution is 7.89. The molecule has 1 atom stereocenters. The summed E-state index contributed by atoms with van der Waals surface area (Å²) in [6.07, 6.45) is 3.54. The minimum atomic E-state index is -3.05. The van der Waals surface area contributed by atoms with E-state index in [0.717, 1.165) is 19.3 Å². The average molecular weight is 267 g/mol. The molecule has 0 amide bonds. The van der Waals surface area contributed by atoms with Gasteiger partial charge in [-0.25, -0.2) is 8.42 Å². The molecule has 0 saturated carbocycles. The summed E-state index contributed by atoms with van der Waals surface area (Å²) < 4.78 is 26.0. The van der Waals surface area contributed by atoms with E-state index in [2.05, 4.69) is 0 Å². The Labute approximate surface area is 110 Å². The predicted molar refractivity (Wildman–Crippen MR) is 74.0 cm³/mol. The van der Waals surface area contributed by atoms with Crippen LogP contribution in [0.3, 0.4) is 0 Å². The Hall–Kier alpha value is -0.870. The van der Waals surface area contributed by atoms with Crippen molar-refractivity contribution < 1.29 is 8.42 Å². The van der Waals surface area contributed by atoms with E-state index in [4.69, 9.17) is 0 Å². The molecule has 1 aliphatic rings. The highest BCUT2D eigenvalue weighted by atomic mass is 32.2. The fourth-order valence-corrected chi connectivity index (χ4v) is 4.35. The van der Waals surface area contributed by atoms with Crippen LogP contribution >= 0.6 is 0 Å². The van der Waals surface area contributed by atoms with Crippen molar-refractivity contribution in [2.45, 2.75) is 38.6 Å². The van der Waals surface area contributed by atoms with Gasteiger partial charge < -0.3 is 0 Å². The number of aryl methyl sites for hydroxylation is 1. The standard InChI is InChI=1S/C14H21NO2S/c1-13-7-5-11-15(13)18(16,17)12-6-10-14-8-3-2-4-9-14/h2-4,8-9,13H,5-7,10-12H2,1H3. The van der Waals surface area contributed by atoms with Crippen LogP contribution in [0, 0.1) is 0 Å². The topological polar surface area (TPSA) is 37.4 Å². The molecule has 1 aromatic carbocycles. The molecule has 100 valence electrons. The minimum Gasteiger partial charge on any atom is -0.212 e. The largest absolute Gasteiger partial charge is 0.214 e. The van der Waals surface area contributed by atoms with Crippen LogP contribution in [0.2, 0.25) is 0 Å². The molecule has 18 heavy (non-hydrogen) atoms. The van der Waals surface area contributed by atoms with Gasteiger partial charge in [0.05, 0.1) is 5.75 Å². The number of nitrogens with zero attached hydrogens (tertiary/aromatic N) is 1. The van der Waals surface area contributed by atoms with Crippen molar-refractivity contribution >= 4 is 10.0 Å². The summed E-state index contributed by atoms with van der Waals surface area (Å²) in [5.41, 5.74) is 1.21. The van der Waals surface area contributed by atoms with Gasteiger partial charge in [-0.1, -0.05) is 30.3 Å². The molecular formula is C14H21NO2S. The van der Waals surface area contributed by atoms with Gasteiger partial charge in [0.15, 0.2) is 0 Å². The van der Waals surface area contributed by atoms with Crippen LogP contribution in [0.25, 0.3) is 0 Å². The van der Waals surface area contributed by atoms with E-state index in [1.54, 1.807) is 4.31 Å². The Balaban J connectivity index is 1.86. The highest BCUT2D eigenvalue weighted by Crippen LogP contribution is 2.21. The SMILES string of the molecule is CC1CCCN1S(=O)(=O)CCCc1ccccc1. The average Bonchev–Trinajstić information content (AvgIpc) is 2.77. The van der Waals surface area contributed by atoms with Crippen LogP contribution in [0.1, 0.15) is 31.7 Å². The number of benzene rings is 1. The molecule has 0 spiro atoms. The summed E-state index contributed by atoms with van der Waals surface area (Å²) in [4.78, 5) is 0. The van der Waals surface area contributed by atoms with Crippen LogP contribution in [-0.4, -0.2) is 31.1 Å². The van der Waals surface area contributed by atoms with E-state index in [-0.39, 0.29) is 11.8 Å². The van der Waals surface area contributed by atoms with Crippen LogP contribution in [-0.2, 0) is 16.4 Å². The molecule has 1 fully saturated rings. The van der Waals surface area contributed by atoms with Crippen molar-refractivity contribution in [1.82, 2.24) is 4.31 Å². The van der Waals surface area contributed by atoms with Crippen molar-refractivity contribution in [3.63, 3.8) is 0 Å². The third kappa shape index (κ3) is 3.33. The van der Waals surface area contributed by atoms with E-state index in [0.29, 0.717) is 13.0 Å². The van der Waals surface area contributed by atoms with Gasteiger partial charge in [0, 0.05) is 12.6 Å². The second-order valence-corrected chi connectivity index (χ2v) is 7.05. The fourth-order valence-electron chi connectivity index (χ4n) is 2.54. The van der Waals surface area contributed by atoms with Crippen LogP contribution in [0.4, 0.5) is 0 Å². The Morgan fingerprint density at radius 1 is 1.28 bits per heavy atom. The summed E-state index contributed by atoms with van der Waals surface area (Å²) in [5, 5.41) is 0. The first-order chi connectivity index (χ1) is 8.59. The third-order valence-corrected chi connectivity index (χ3v) is 5.62. The first-order valence-corrected chi connectivity index (χ1v) is 8.24. The van der Waals surface area contributed by atoms with Crippen LogP contribution in [0.15, 0.2) is 30.3 Å². The maximum Gasteiger partial charge on any atom is 0.214 e. The van der Waals surface area contributed by atoms with E-state index < -0.39 is 10.0 Å². The number of rotatable bonds is 5.